The molecule has 0 saturated heterocycles. The van der Waals surface area contributed by atoms with Gasteiger partial charge in [0.05, 0.1) is 10.7 Å². The minimum absolute atomic E-state index is 0.0711. The molecule has 1 aliphatic rings. The topological polar surface area (TPSA) is 33.2 Å². The summed E-state index contributed by atoms with van der Waals surface area (Å²) in [5.74, 6) is -0.155. The zero-order chi connectivity index (χ0) is 17.1. The summed E-state index contributed by atoms with van der Waals surface area (Å²) in [4.78, 5) is 19.9. The number of aromatic nitrogens is 1. The highest BCUT2D eigenvalue weighted by Gasteiger charge is 2.23. The molecule has 5 heteroatoms. The van der Waals surface area contributed by atoms with E-state index in [1.165, 1.54) is 29.0 Å². The van der Waals surface area contributed by atoms with Gasteiger partial charge in [-0.25, -0.2) is 9.37 Å². The molecule has 3 rings (SSSR count). The molecule has 1 amide bonds. The average Bonchev–Trinajstić information content (AvgIpc) is 2.96. The monoisotopic (exact) mass is 344 g/mol. The lowest BCUT2D eigenvalue weighted by molar-refractivity contribution is 0.0776. The predicted molar refractivity (Wildman–Crippen MR) is 95.7 cm³/mol. The molecule has 3 nitrogen and oxygen atoms in total. The van der Waals surface area contributed by atoms with E-state index in [9.17, 15) is 9.18 Å². The van der Waals surface area contributed by atoms with Gasteiger partial charge in [-0.15, -0.1) is 11.3 Å². The Morgan fingerprint density at radius 1 is 1.33 bits per heavy atom. The summed E-state index contributed by atoms with van der Waals surface area (Å²) in [5.41, 5.74) is 3.04. The van der Waals surface area contributed by atoms with Crippen LogP contribution in [0.3, 0.4) is 0 Å². The van der Waals surface area contributed by atoms with Crippen molar-refractivity contribution < 1.29 is 9.18 Å². The van der Waals surface area contributed by atoms with Crippen LogP contribution >= 0.6 is 11.3 Å². The van der Waals surface area contributed by atoms with E-state index in [2.05, 4.69) is 18.0 Å². The van der Waals surface area contributed by atoms with Crippen LogP contribution in [-0.4, -0.2) is 28.9 Å². The normalized spacial score (nSPS) is 14.6. The number of benzene rings is 1. The van der Waals surface area contributed by atoms with E-state index in [0.717, 1.165) is 40.4 Å². The van der Waals surface area contributed by atoms with E-state index in [1.54, 1.807) is 12.1 Å². The second-order valence-electron chi connectivity index (χ2n) is 6.01. The van der Waals surface area contributed by atoms with Gasteiger partial charge in [-0.1, -0.05) is 25.1 Å². The van der Waals surface area contributed by atoms with Gasteiger partial charge in [0.25, 0.3) is 5.91 Å². The standard InChI is InChI=1S/C19H21FN2OS/c1-3-4-17-21-13(2)18(24-17)19(23)22-11-9-15(10-12-22)14-5-7-16(20)8-6-14/h5-9H,3-4,10-12H2,1-2H3. The first-order valence-corrected chi connectivity index (χ1v) is 9.10. The molecule has 1 aromatic carbocycles. The first-order valence-electron chi connectivity index (χ1n) is 8.29. The SMILES string of the molecule is CCCc1nc(C)c(C(=O)N2CC=C(c3ccc(F)cc3)CC2)s1. The molecule has 2 aromatic rings. The second-order valence-corrected chi connectivity index (χ2v) is 7.09. The fourth-order valence-electron chi connectivity index (χ4n) is 2.89. The van der Waals surface area contributed by atoms with Crippen molar-refractivity contribution in [2.24, 2.45) is 0 Å². The maximum Gasteiger partial charge on any atom is 0.266 e. The minimum atomic E-state index is -0.226. The van der Waals surface area contributed by atoms with Gasteiger partial charge in [0.15, 0.2) is 0 Å². The van der Waals surface area contributed by atoms with Crippen molar-refractivity contribution >= 4 is 22.8 Å². The summed E-state index contributed by atoms with van der Waals surface area (Å²) in [7, 11) is 0. The van der Waals surface area contributed by atoms with E-state index < -0.39 is 0 Å². The molecule has 0 aliphatic carbocycles. The minimum Gasteiger partial charge on any atom is -0.334 e. The molecule has 0 spiro atoms. The van der Waals surface area contributed by atoms with Crippen molar-refractivity contribution in [2.45, 2.75) is 33.1 Å². The molecule has 0 atom stereocenters. The Morgan fingerprint density at radius 2 is 2.08 bits per heavy atom. The molecule has 126 valence electrons. The van der Waals surface area contributed by atoms with Gasteiger partial charge in [0.2, 0.25) is 0 Å². The molecule has 0 bridgehead atoms. The molecule has 0 radical (unpaired) electrons. The highest BCUT2D eigenvalue weighted by atomic mass is 32.1. The van der Waals surface area contributed by atoms with E-state index in [4.69, 9.17) is 0 Å². The third-order valence-corrected chi connectivity index (χ3v) is 5.42. The molecular formula is C19H21FN2OS. The third kappa shape index (κ3) is 3.56. The van der Waals surface area contributed by atoms with Gasteiger partial charge in [-0.05, 0) is 49.5 Å². The lowest BCUT2D eigenvalue weighted by atomic mass is 9.99. The van der Waals surface area contributed by atoms with Crippen LogP contribution in [0, 0.1) is 12.7 Å². The summed E-state index contributed by atoms with van der Waals surface area (Å²) < 4.78 is 13.0. The van der Waals surface area contributed by atoms with Crippen LogP contribution < -0.4 is 0 Å². The number of carbonyl (C=O) groups is 1. The average molecular weight is 344 g/mol. The zero-order valence-electron chi connectivity index (χ0n) is 14.0. The molecule has 24 heavy (non-hydrogen) atoms. The van der Waals surface area contributed by atoms with Crippen LogP contribution in [0.4, 0.5) is 4.39 Å². The molecular weight excluding hydrogens is 323 g/mol. The number of hydrogen-bond donors (Lipinski definition) is 0. The number of amides is 1. The second kappa shape index (κ2) is 7.26. The van der Waals surface area contributed by atoms with Crippen LogP contribution in [0.2, 0.25) is 0 Å². The highest BCUT2D eigenvalue weighted by molar-refractivity contribution is 7.13. The van der Waals surface area contributed by atoms with E-state index >= 15 is 0 Å². The summed E-state index contributed by atoms with van der Waals surface area (Å²) in [6.45, 7) is 5.30. The largest absolute Gasteiger partial charge is 0.334 e. The van der Waals surface area contributed by atoms with Gasteiger partial charge in [-0.2, -0.15) is 0 Å². The van der Waals surface area contributed by atoms with Crippen molar-refractivity contribution in [1.29, 1.82) is 0 Å². The molecule has 1 aliphatic heterocycles. The van der Waals surface area contributed by atoms with Crippen LogP contribution in [0.25, 0.3) is 5.57 Å². The van der Waals surface area contributed by atoms with Crippen molar-refractivity contribution in [2.75, 3.05) is 13.1 Å². The lowest BCUT2D eigenvalue weighted by Gasteiger charge is -2.26. The smallest absolute Gasteiger partial charge is 0.266 e. The first kappa shape index (κ1) is 16.8. The van der Waals surface area contributed by atoms with Crippen LogP contribution in [0.5, 0.6) is 0 Å². The summed E-state index contributed by atoms with van der Waals surface area (Å²) in [6, 6.07) is 6.54. The number of carbonyl (C=O) groups excluding carboxylic acids is 1. The Hall–Kier alpha value is -2.01. The first-order chi connectivity index (χ1) is 11.6. The van der Waals surface area contributed by atoms with Crippen LogP contribution in [-0.2, 0) is 6.42 Å². The van der Waals surface area contributed by atoms with Crippen molar-refractivity contribution in [3.8, 4) is 0 Å². The summed E-state index contributed by atoms with van der Waals surface area (Å²) in [6.07, 6.45) is 4.82. The Balaban J connectivity index is 1.71. The number of thiazole rings is 1. The summed E-state index contributed by atoms with van der Waals surface area (Å²) in [5, 5.41) is 1.04. The lowest BCUT2D eigenvalue weighted by Crippen LogP contribution is -2.34. The zero-order valence-corrected chi connectivity index (χ0v) is 14.8. The molecule has 1 aromatic heterocycles. The van der Waals surface area contributed by atoms with Crippen LogP contribution in [0.1, 0.15) is 45.7 Å². The van der Waals surface area contributed by atoms with Crippen molar-refractivity contribution in [3.63, 3.8) is 0 Å². The Kier molecular flexibility index (Phi) is 5.09. The van der Waals surface area contributed by atoms with Crippen molar-refractivity contribution in [1.82, 2.24) is 9.88 Å². The fraction of sp³-hybridized carbons (Fsp3) is 0.368. The Bertz CT molecular complexity index is 764. The maximum absolute atomic E-state index is 13.0. The van der Waals surface area contributed by atoms with Gasteiger partial charge in [0.1, 0.15) is 10.7 Å². The van der Waals surface area contributed by atoms with Gasteiger partial charge >= 0.3 is 0 Å². The molecule has 0 saturated carbocycles. The molecule has 0 N–H and O–H groups in total. The number of hydrogen-bond acceptors (Lipinski definition) is 3. The van der Waals surface area contributed by atoms with E-state index in [0.29, 0.717) is 13.1 Å². The Morgan fingerprint density at radius 3 is 2.71 bits per heavy atom. The number of rotatable bonds is 4. The fourth-order valence-corrected chi connectivity index (χ4v) is 4.03. The van der Waals surface area contributed by atoms with Gasteiger partial charge in [0, 0.05) is 13.1 Å². The van der Waals surface area contributed by atoms with E-state index in [1.807, 2.05) is 11.8 Å². The maximum atomic E-state index is 13.0. The number of nitrogens with zero attached hydrogens (tertiary/aromatic N) is 2. The van der Waals surface area contributed by atoms with Gasteiger partial charge < -0.3 is 4.90 Å². The Labute approximate surface area is 145 Å². The molecule has 0 fully saturated rings. The number of halogens is 1. The predicted octanol–water partition coefficient (Wildman–Crippen LogP) is 4.47. The van der Waals surface area contributed by atoms with Gasteiger partial charge in [-0.3, -0.25) is 4.79 Å². The molecule has 2 heterocycles. The molecule has 0 unspecified atom stereocenters. The van der Waals surface area contributed by atoms with Crippen molar-refractivity contribution in [3.05, 3.63) is 57.3 Å². The third-order valence-electron chi connectivity index (χ3n) is 4.21. The summed E-state index contributed by atoms with van der Waals surface area (Å²) >= 11 is 1.52. The van der Waals surface area contributed by atoms with E-state index in [-0.39, 0.29) is 11.7 Å². The highest BCUT2D eigenvalue weighted by Crippen LogP contribution is 2.26. The quantitative estimate of drug-likeness (QED) is 0.820. The number of aryl methyl sites for hydroxylation is 2. The van der Waals surface area contributed by atoms with Crippen LogP contribution in [0.15, 0.2) is 30.3 Å².